The lowest BCUT2D eigenvalue weighted by atomic mass is 9.97. The van der Waals surface area contributed by atoms with Crippen LogP contribution in [-0.2, 0) is 19.1 Å². The molecule has 94 valence electrons. The van der Waals surface area contributed by atoms with Gasteiger partial charge >= 0.3 is 5.97 Å². The van der Waals surface area contributed by atoms with Gasteiger partial charge in [-0.3, -0.25) is 19.3 Å². The average molecular weight is 239 g/mol. The van der Waals surface area contributed by atoms with E-state index in [1.165, 1.54) is 4.90 Å². The molecule has 2 saturated heterocycles. The minimum Gasteiger partial charge on any atom is -0.452 e. The predicted octanol–water partition coefficient (Wildman–Crippen LogP) is 0.866. The van der Waals surface area contributed by atoms with Gasteiger partial charge in [-0.15, -0.1) is 0 Å². The molecule has 0 aromatic rings. The number of carbonyl (C=O) groups excluding carboxylic acids is 3. The fourth-order valence-corrected chi connectivity index (χ4v) is 2.18. The summed E-state index contributed by atoms with van der Waals surface area (Å²) < 4.78 is 5.19. The molecule has 0 aromatic heterocycles. The Hall–Kier alpha value is -1.39. The molecule has 2 rings (SSSR count). The molecule has 2 fully saturated rings. The molecule has 2 atom stereocenters. The Morgan fingerprint density at radius 2 is 2.00 bits per heavy atom. The van der Waals surface area contributed by atoms with Crippen LogP contribution in [0, 0.1) is 5.41 Å². The van der Waals surface area contributed by atoms with E-state index in [0.717, 1.165) is 0 Å². The van der Waals surface area contributed by atoms with Crippen molar-refractivity contribution in [3.63, 3.8) is 0 Å². The van der Waals surface area contributed by atoms with Gasteiger partial charge in [-0.2, -0.15) is 0 Å². The van der Waals surface area contributed by atoms with Crippen molar-refractivity contribution >= 4 is 17.8 Å². The first-order valence-electron chi connectivity index (χ1n) is 5.87. The van der Waals surface area contributed by atoms with Gasteiger partial charge in [0.05, 0.1) is 5.41 Å². The van der Waals surface area contributed by atoms with E-state index in [2.05, 4.69) is 0 Å². The molecule has 2 aliphatic heterocycles. The van der Waals surface area contributed by atoms with Crippen molar-refractivity contribution in [1.82, 2.24) is 4.90 Å². The van der Waals surface area contributed by atoms with E-state index in [0.29, 0.717) is 19.3 Å². The van der Waals surface area contributed by atoms with E-state index in [-0.39, 0.29) is 17.9 Å². The molecular weight excluding hydrogens is 222 g/mol. The van der Waals surface area contributed by atoms with E-state index < -0.39 is 17.5 Å². The molecule has 0 saturated carbocycles. The van der Waals surface area contributed by atoms with Crippen LogP contribution in [0.3, 0.4) is 0 Å². The Morgan fingerprint density at radius 3 is 2.53 bits per heavy atom. The smallest absolute Gasteiger partial charge is 0.312 e. The second kappa shape index (κ2) is 3.82. The summed E-state index contributed by atoms with van der Waals surface area (Å²) in [4.78, 5) is 36.3. The quantitative estimate of drug-likeness (QED) is 0.503. The first kappa shape index (κ1) is 12.1. The van der Waals surface area contributed by atoms with Crippen molar-refractivity contribution in [3.8, 4) is 0 Å². The molecule has 0 aliphatic carbocycles. The van der Waals surface area contributed by atoms with E-state index in [1.54, 1.807) is 20.8 Å². The molecule has 2 heterocycles. The molecule has 0 unspecified atom stereocenters. The highest BCUT2D eigenvalue weighted by Crippen LogP contribution is 2.32. The van der Waals surface area contributed by atoms with E-state index in [1.807, 2.05) is 0 Å². The van der Waals surface area contributed by atoms with Crippen LogP contribution in [0.2, 0.25) is 0 Å². The highest BCUT2D eigenvalue weighted by Gasteiger charge is 2.48. The summed E-state index contributed by atoms with van der Waals surface area (Å²) in [6.07, 6.45) is 0.799. The Bertz CT molecular complexity index is 382. The maximum absolute atomic E-state index is 11.9. The molecule has 2 aliphatic rings. The Morgan fingerprint density at radius 1 is 1.35 bits per heavy atom. The summed E-state index contributed by atoms with van der Waals surface area (Å²) in [6.45, 7) is 5.21. The van der Waals surface area contributed by atoms with Crippen molar-refractivity contribution in [2.45, 2.75) is 52.2 Å². The maximum Gasteiger partial charge on any atom is 0.312 e. The molecule has 2 amide bonds. The van der Waals surface area contributed by atoms with Crippen molar-refractivity contribution in [3.05, 3.63) is 0 Å². The molecule has 0 spiro atoms. The number of imide groups is 1. The molecule has 17 heavy (non-hydrogen) atoms. The number of hydrogen-bond acceptors (Lipinski definition) is 4. The minimum absolute atomic E-state index is 0.0623. The summed E-state index contributed by atoms with van der Waals surface area (Å²) in [5, 5.41) is 0. The van der Waals surface area contributed by atoms with Gasteiger partial charge in [0.1, 0.15) is 0 Å². The number of nitrogens with zero attached hydrogens (tertiary/aromatic N) is 1. The summed E-state index contributed by atoms with van der Waals surface area (Å²) in [6, 6.07) is -0.0623. The lowest BCUT2D eigenvalue weighted by molar-refractivity contribution is -0.164. The molecule has 0 aromatic carbocycles. The van der Waals surface area contributed by atoms with Gasteiger partial charge in [-0.1, -0.05) is 0 Å². The van der Waals surface area contributed by atoms with Gasteiger partial charge in [-0.25, -0.2) is 0 Å². The number of esters is 1. The molecule has 5 nitrogen and oxygen atoms in total. The predicted molar refractivity (Wildman–Crippen MR) is 58.8 cm³/mol. The van der Waals surface area contributed by atoms with Crippen LogP contribution < -0.4 is 0 Å². The number of fused-ring (bicyclic) bond motifs is 1. The van der Waals surface area contributed by atoms with Crippen molar-refractivity contribution in [2.24, 2.45) is 5.41 Å². The topological polar surface area (TPSA) is 63.7 Å². The molecule has 5 heteroatoms. The van der Waals surface area contributed by atoms with Crippen molar-refractivity contribution < 1.29 is 19.1 Å². The van der Waals surface area contributed by atoms with Crippen LogP contribution in [0.15, 0.2) is 0 Å². The van der Waals surface area contributed by atoms with Crippen LogP contribution in [0.5, 0.6) is 0 Å². The first-order chi connectivity index (χ1) is 7.80. The molecule has 0 bridgehead atoms. The molecular formula is C12H17NO4. The standard InChI is InChI=1S/C12H17NO4/c1-12(2,3)11(16)17-8-6-7-4-5-9(14)13(7)10(8)15/h7-8H,4-6H2,1-3H3/t7-,8+/m0/s1. The minimum atomic E-state index is -0.768. The van der Waals surface area contributed by atoms with Crippen molar-refractivity contribution in [2.75, 3.05) is 0 Å². The lowest BCUT2D eigenvalue weighted by Gasteiger charge is -2.19. The number of amides is 2. The fourth-order valence-electron chi connectivity index (χ4n) is 2.18. The van der Waals surface area contributed by atoms with E-state index >= 15 is 0 Å². The second-order valence-corrected chi connectivity index (χ2v) is 5.67. The largest absolute Gasteiger partial charge is 0.452 e. The van der Waals surface area contributed by atoms with Gasteiger partial charge in [0.2, 0.25) is 5.91 Å². The fraction of sp³-hybridized carbons (Fsp3) is 0.750. The number of hydrogen-bond donors (Lipinski definition) is 0. The number of ether oxygens (including phenoxy) is 1. The normalized spacial score (nSPS) is 28.5. The first-order valence-corrected chi connectivity index (χ1v) is 5.87. The Kier molecular flexibility index (Phi) is 2.72. The molecule has 0 N–H and O–H groups in total. The van der Waals surface area contributed by atoms with Crippen LogP contribution in [0.1, 0.15) is 40.0 Å². The monoisotopic (exact) mass is 239 g/mol. The lowest BCUT2D eigenvalue weighted by Crippen LogP contribution is -2.37. The summed E-state index contributed by atoms with van der Waals surface area (Å²) >= 11 is 0. The van der Waals surface area contributed by atoms with Crippen LogP contribution in [0.25, 0.3) is 0 Å². The van der Waals surface area contributed by atoms with Gasteiger partial charge in [0.15, 0.2) is 6.10 Å². The van der Waals surface area contributed by atoms with Gasteiger partial charge in [-0.05, 0) is 27.2 Å². The van der Waals surface area contributed by atoms with E-state index in [4.69, 9.17) is 4.74 Å². The maximum atomic E-state index is 11.9. The zero-order valence-corrected chi connectivity index (χ0v) is 10.4. The van der Waals surface area contributed by atoms with Crippen LogP contribution in [-0.4, -0.2) is 34.8 Å². The van der Waals surface area contributed by atoms with E-state index in [9.17, 15) is 14.4 Å². The van der Waals surface area contributed by atoms with Crippen LogP contribution >= 0.6 is 0 Å². The summed E-state index contributed by atoms with van der Waals surface area (Å²) in [5.74, 6) is -0.895. The average Bonchev–Trinajstić information content (AvgIpc) is 2.69. The summed E-state index contributed by atoms with van der Waals surface area (Å²) in [7, 11) is 0. The third-order valence-electron chi connectivity index (χ3n) is 3.19. The van der Waals surface area contributed by atoms with Crippen molar-refractivity contribution in [1.29, 1.82) is 0 Å². The Labute approximate surface area is 100 Å². The Balaban J connectivity index is 2.04. The molecule has 0 radical (unpaired) electrons. The third kappa shape index (κ3) is 2.06. The number of rotatable bonds is 1. The summed E-state index contributed by atoms with van der Waals surface area (Å²) in [5.41, 5.74) is -0.628. The second-order valence-electron chi connectivity index (χ2n) is 5.67. The van der Waals surface area contributed by atoms with Gasteiger partial charge < -0.3 is 4.74 Å². The van der Waals surface area contributed by atoms with Crippen LogP contribution in [0.4, 0.5) is 0 Å². The van der Waals surface area contributed by atoms with Gasteiger partial charge in [0, 0.05) is 18.9 Å². The SMILES string of the molecule is CC(C)(C)C(=O)O[C@@H]1C[C@@H]2CCC(=O)N2C1=O. The zero-order chi connectivity index (χ0) is 12.8. The number of carbonyl (C=O) groups is 3. The highest BCUT2D eigenvalue weighted by atomic mass is 16.6. The van der Waals surface area contributed by atoms with Gasteiger partial charge in [0.25, 0.3) is 5.91 Å². The third-order valence-corrected chi connectivity index (χ3v) is 3.19. The zero-order valence-electron chi connectivity index (χ0n) is 10.4. The highest BCUT2D eigenvalue weighted by molar-refractivity contribution is 6.01.